The molecule has 1 aromatic heterocycles. The van der Waals surface area contributed by atoms with Crippen molar-refractivity contribution >= 4 is 17.1 Å². The smallest absolute Gasteiger partial charge is 0.410 e. The number of amides is 1. The molecule has 0 atom stereocenters. The summed E-state index contributed by atoms with van der Waals surface area (Å²) in [5, 5.41) is 0. The molecule has 1 aliphatic rings. The number of nitrogens with one attached hydrogen (secondary N) is 1. The van der Waals surface area contributed by atoms with Crippen molar-refractivity contribution < 1.29 is 9.53 Å². The van der Waals surface area contributed by atoms with E-state index < -0.39 is 0 Å². The topological polar surface area (TPSA) is 75.3 Å². The number of hydrogen-bond donors (Lipinski definition) is 1. The molecule has 0 spiro atoms. The first-order chi connectivity index (χ1) is 13.2. The number of likely N-dealkylation sites (tertiary alicyclic amines) is 1. The van der Waals surface area contributed by atoms with Gasteiger partial charge in [-0.2, -0.15) is 0 Å². The Morgan fingerprint density at radius 1 is 1.07 bits per heavy atom. The molecule has 0 unspecified atom stereocenters. The molecule has 27 heavy (non-hydrogen) atoms. The molecule has 2 aromatic carbocycles. The molecule has 0 aliphatic carbocycles. The van der Waals surface area contributed by atoms with E-state index in [-0.39, 0.29) is 24.2 Å². The Morgan fingerprint density at radius 3 is 2.56 bits per heavy atom. The summed E-state index contributed by atoms with van der Waals surface area (Å²) >= 11 is 0. The Balaban J connectivity index is 1.38. The molecule has 3 aromatic rings. The lowest BCUT2D eigenvalue weighted by Gasteiger charge is -2.30. The number of nitrogens with zero attached hydrogens (tertiary/aromatic N) is 2. The molecular weight excluding hydrogens is 342 g/mol. The van der Waals surface area contributed by atoms with Gasteiger partial charge in [-0.05, 0) is 30.5 Å². The van der Waals surface area contributed by atoms with Crippen LogP contribution >= 0.6 is 0 Å². The number of para-hydroxylation sites is 2. The lowest BCUT2D eigenvalue weighted by Crippen LogP contribution is -2.39. The SMILES string of the molecule is O=C(OCc1ccccc1)N1CCC(c2nc3ccccc3[nH]c2=O)CC1. The minimum Gasteiger partial charge on any atom is -0.445 e. The Labute approximate surface area is 156 Å². The number of carbonyl (C=O) groups excluding carboxylic acids is 1. The Hall–Kier alpha value is -3.15. The van der Waals surface area contributed by atoms with Crippen molar-refractivity contribution in [3.63, 3.8) is 0 Å². The van der Waals surface area contributed by atoms with Crippen molar-refractivity contribution in [2.24, 2.45) is 0 Å². The van der Waals surface area contributed by atoms with Gasteiger partial charge in [0.25, 0.3) is 5.56 Å². The van der Waals surface area contributed by atoms with E-state index in [1.807, 2.05) is 54.6 Å². The van der Waals surface area contributed by atoms with Gasteiger partial charge in [0.1, 0.15) is 12.3 Å². The molecule has 2 heterocycles. The van der Waals surface area contributed by atoms with E-state index in [0.717, 1.165) is 16.6 Å². The van der Waals surface area contributed by atoms with Gasteiger partial charge >= 0.3 is 6.09 Å². The molecule has 1 amide bonds. The normalized spacial score (nSPS) is 15.0. The maximum Gasteiger partial charge on any atom is 0.410 e. The molecular formula is C21H21N3O3. The number of benzene rings is 2. The van der Waals surface area contributed by atoms with E-state index in [4.69, 9.17) is 4.74 Å². The summed E-state index contributed by atoms with van der Waals surface area (Å²) in [5.41, 5.74) is 2.92. The molecule has 0 radical (unpaired) electrons. The van der Waals surface area contributed by atoms with Crippen molar-refractivity contribution in [3.8, 4) is 0 Å². The summed E-state index contributed by atoms with van der Waals surface area (Å²) in [6.45, 7) is 1.39. The maximum atomic E-state index is 12.4. The van der Waals surface area contributed by atoms with Crippen LogP contribution in [0.15, 0.2) is 59.4 Å². The third kappa shape index (κ3) is 3.84. The van der Waals surface area contributed by atoms with E-state index >= 15 is 0 Å². The molecule has 1 fully saturated rings. The van der Waals surface area contributed by atoms with Gasteiger partial charge in [-0.1, -0.05) is 42.5 Å². The van der Waals surface area contributed by atoms with Crippen LogP contribution in [0.4, 0.5) is 4.79 Å². The summed E-state index contributed by atoms with van der Waals surface area (Å²) in [6, 6.07) is 17.1. The van der Waals surface area contributed by atoms with Gasteiger partial charge in [-0.25, -0.2) is 9.78 Å². The predicted molar refractivity (Wildman–Crippen MR) is 103 cm³/mol. The summed E-state index contributed by atoms with van der Waals surface area (Å²) in [6.07, 6.45) is 1.10. The summed E-state index contributed by atoms with van der Waals surface area (Å²) in [4.78, 5) is 33.8. The number of hydrogen-bond acceptors (Lipinski definition) is 4. The van der Waals surface area contributed by atoms with Crippen LogP contribution in [0.3, 0.4) is 0 Å². The molecule has 6 heteroatoms. The molecule has 138 valence electrons. The van der Waals surface area contributed by atoms with Crippen LogP contribution in [0.1, 0.15) is 30.0 Å². The zero-order valence-electron chi connectivity index (χ0n) is 14.9. The van der Waals surface area contributed by atoms with Gasteiger partial charge in [0.2, 0.25) is 0 Å². The number of piperidine rings is 1. The average Bonchev–Trinajstić information content (AvgIpc) is 2.72. The third-order valence-electron chi connectivity index (χ3n) is 4.97. The van der Waals surface area contributed by atoms with Crippen molar-refractivity contribution in [3.05, 3.63) is 76.2 Å². The molecule has 6 nitrogen and oxygen atoms in total. The highest BCUT2D eigenvalue weighted by Gasteiger charge is 2.27. The third-order valence-corrected chi connectivity index (χ3v) is 4.97. The van der Waals surface area contributed by atoms with E-state index in [0.29, 0.717) is 31.6 Å². The second-order valence-corrected chi connectivity index (χ2v) is 6.77. The number of ether oxygens (including phenoxy) is 1. The fourth-order valence-corrected chi connectivity index (χ4v) is 3.47. The largest absolute Gasteiger partial charge is 0.445 e. The lowest BCUT2D eigenvalue weighted by atomic mass is 9.93. The van der Waals surface area contributed by atoms with Crippen molar-refractivity contribution in [2.45, 2.75) is 25.4 Å². The second kappa shape index (κ2) is 7.61. The second-order valence-electron chi connectivity index (χ2n) is 6.77. The number of aromatic amines is 1. The number of fused-ring (bicyclic) bond motifs is 1. The Bertz CT molecular complexity index is 992. The lowest BCUT2D eigenvalue weighted by molar-refractivity contribution is 0.0868. The van der Waals surface area contributed by atoms with Crippen molar-refractivity contribution in [1.29, 1.82) is 0 Å². The van der Waals surface area contributed by atoms with Gasteiger partial charge in [-0.3, -0.25) is 4.79 Å². The van der Waals surface area contributed by atoms with Gasteiger partial charge in [0.05, 0.1) is 11.0 Å². The molecule has 4 rings (SSSR count). The number of aromatic nitrogens is 2. The highest BCUT2D eigenvalue weighted by atomic mass is 16.6. The standard InChI is InChI=1S/C21H21N3O3/c25-20-19(22-17-8-4-5-9-18(17)23-20)16-10-12-24(13-11-16)21(26)27-14-15-6-2-1-3-7-15/h1-9,16H,10-14H2,(H,23,25). The molecule has 0 bridgehead atoms. The predicted octanol–water partition coefficient (Wildman–Crippen LogP) is 3.44. The van der Waals surface area contributed by atoms with Gasteiger partial charge in [0.15, 0.2) is 0 Å². The van der Waals surface area contributed by atoms with Crippen molar-refractivity contribution in [1.82, 2.24) is 14.9 Å². The van der Waals surface area contributed by atoms with Gasteiger partial charge in [0, 0.05) is 19.0 Å². The van der Waals surface area contributed by atoms with Gasteiger partial charge < -0.3 is 14.6 Å². The van der Waals surface area contributed by atoms with Crippen LogP contribution in [-0.2, 0) is 11.3 Å². The van der Waals surface area contributed by atoms with Crippen LogP contribution in [0, 0.1) is 0 Å². The summed E-state index contributed by atoms with van der Waals surface area (Å²) in [5.74, 6) is 0.0523. The van der Waals surface area contributed by atoms with E-state index in [2.05, 4.69) is 9.97 Å². The molecule has 1 aliphatic heterocycles. The van der Waals surface area contributed by atoms with Gasteiger partial charge in [-0.15, -0.1) is 0 Å². The zero-order chi connectivity index (χ0) is 18.6. The van der Waals surface area contributed by atoms with Crippen LogP contribution in [-0.4, -0.2) is 34.1 Å². The van der Waals surface area contributed by atoms with Crippen molar-refractivity contribution in [2.75, 3.05) is 13.1 Å². The van der Waals surface area contributed by atoms with Crippen LogP contribution in [0.5, 0.6) is 0 Å². The quantitative estimate of drug-likeness (QED) is 0.773. The first-order valence-corrected chi connectivity index (χ1v) is 9.15. The fraction of sp³-hybridized carbons (Fsp3) is 0.286. The first-order valence-electron chi connectivity index (χ1n) is 9.15. The fourth-order valence-electron chi connectivity index (χ4n) is 3.47. The highest BCUT2D eigenvalue weighted by molar-refractivity contribution is 5.73. The number of carbonyl (C=O) groups is 1. The average molecular weight is 363 g/mol. The van der Waals surface area contributed by atoms with Crippen LogP contribution < -0.4 is 5.56 Å². The number of rotatable bonds is 3. The molecule has 1 saturated heterocycles. The minimum atomic E-state index is -0.308. The first kappa shape index (κ1) is 17.3. The zero-order valence-corrected chi connectivity index (χ0v) is 14.9. The van der Waals surface area contributed by atoms with Crippen LogP contribution in [0.25, 0.3) is 11.0 Å². The Morgan fingerprint density at radius 2 is 1.78 bits per heavy atom. The maximum absolute atomic E-state index is 12.4. The Kier molecular flexibility index (Phi) is 4.87. The van der Waals surface area contributed by atoms with Crippen LogP contribution in [0.2, 0.25) is 0 Å². The molecule has 0 saturated carbocycles. The molecule has 1 N–H and O–H groups in total. The minimum absolute atomic E-state index is 0.0523. The monoisotopic (exact) mass is 363 g/mol. The summed E-state index contributed by atoms with van der Waals surface area (Å²) < 4.78 is 5.39. The number of H-pyrrole nitrogens is 1. The van der Waals surface area contributed by atoms with E-state index in [9.17, 15) is 9.59 Å². The summed E-state index contributed by atoms with van der Waals surface area (Å²) in [7, 11) is 0. The highest BCUT2D eigenvalue weighted by Crippen LogP contribution is 2.26. The van der Waals surface area contributed by atoms with E-state index in [1.54, 1.807) is 4.90 Å². The van der Waals surface area contributed by atoms with E-state index in [1.165, 1.54) is 0 Å².